The molecule has 0 aromatic rings. The average Bonchev–Trinajstić information content (AvgIpc) is 2.37. The van der Waals surface area contributed by atoms with E-state index in [-0.39, 0.29) is 11.2 Å². The van der Waals surface area contributed by atoms with Crippen molar-refractivity contribution < 1.29 is 14.3 Å². The summed E-state index contributed by atoms with van der Waals surface area (Å²) in [4.78, 5) is 11.0. The first-order valence-corrected chi connectivity index (χ1v) is 4.45. The molecular formula is C8H13ClO3. The molecule has 0 aromatic carbocycles. The molecule has 0 aliphatic carbocycles. The maximum atomic E-state index is 11.0. The maximum absolute atomic E-state index is 11.0. The van der Waals surface area contributed by atoms with Crippen molar-refractivity contribution in [1.82, 2.24) is 0 Å². The minimum Gasteiger partial charge on any atom is -0.347 e. The molecule has 1 aliphatic rings. The van der Waals surface area contributed by atoms with Gasteiger partial charge in [0.05, 0.1) is 19.1 Å². The second kappa shape index (κ2) is 3.73. The van der Waals surface area contributed by atoms with Crippen LogP contribution in [-0.2, 0) is 14.3 Å². The lowest BCUT2D eigenvalue weighted by molar-refractivity contribution is -0.182. The summed E-state index contributed by atoms with van der Waals surface area (Å²) >= 11 is 5.41. The molecule has 70 valence electrons. The van der Waals surface area contributed by atoms with Gasteiger partial charge in [-0.2, -0.15) is 0 Å². The fourth-order valence-corrected chi connectivity index (χ4v) is 1.82. The molecule has 0 radical (unpaired) electrons. The number of carbonyl (C=O) groups excluding carboxylic acids is 1. The Balaban J connectivity index is 2.69. The molecule has 0 amide bonds. The summed E-state index contributed by atoms with van der Waals surface area (Å²) in [6.45, 7) is 4.73. The van der Waals surface area contributed by atoms with Gasteiger partial charge in [0.25, 0.3) is 0 Å². The van der Waals surface area contributed by atoms with Crippen molar-refractivity contribution in [3.8, 4) is 0 Å². The zero-order valence-corrected chi connectivity index (χ0v) is 8.06. The number of ether oxygens (including phenoxy) is 2. The molecule has 1 fully saturated rings. The van der Waals surface area contributed by atoms with E-state index in [9.17, 15) is 4.79 Å². The quantitative estimate of drug-likeness (QED) is 0.637. The van der Waals surface area contributed by atoms with Crippen LogP contribution in [0.25, 0.3) is 0 Å². The van der Waals surface area contributed by atoms with Crippen LogP contribution >= 0.6 is 11.6 Å². The summed E-state index contributed by atoms with van der Waals surface area (Å²) < 4.78 is 10.7. The molecule has 1 atom stereocenters. The predicted molar refractivity (Wildman–Crippen MR) is 45.0 cm³/mol. The number of hydrogen-bond donors (Lipinski definition) is 0. The van der Waals surface area contributed by atoms with Gasteiger partial charge in [-0.3, -0.25) is 4.79 Å². The van der Waals surface area contributed by atoms with Crippen molar-refractivity contribution in [1.29, 1.82) is 0 Å². The van der Waals surface area contributed by atoms with Gasteiger partial charge in [0.15, 0.2) is 5.79 Å². The molecule has 1 rings (SSSR count). The van der Waals surface area contributed by atoms with Gasteiger partial charge in [0, 0.05) is 0 Å². The molecule has 4 heteroatoms. The SMILES string of the molecule is CCC(C(=O)Cl)C1(C)OCCO1. The highest BCUT2D eigenvalue weighted by Crippen LogP contribution is 2.31. The Kier molecular flexibility index (Phi) is 3.09. The van der Waals surface area contributed by atoms with Gasteiger partial charge in [-0.05, 0) is 24.9 Å². The van der Waals surface area contributed by atoms with Crippen LogP contribution in [0, 0.1) is 5.92 Å². The topological polar surface area (TPSA) is 35.5 Å². The number of halogens is 1. The molecule has 0 bridgehead atoms. The van der Waals surface area contributed by atoms with Gasteiger partial charge in [0.2, 0.25) is 5.24 Å². The Morgan fingerprint density at radius 2 is 2.08 bits per heavy atom. The molecule has 1 saturated heterocycles. The Bertz CT molecular complexity index is 175. The number of hydrogen-bond acceptors (Lipinski definition) is 3. The van der Waals surface area contributed by atoms with Gasteiger partial charge < -0.3 is 9.47 Å². The summed E-state index contributed by atoms with van der Waals surface area (Å²) in [5.41, 5.74) is 0. The Morgan fingerprint density at radius 1 is 1.58 bits per heavy atom. The molecular weight excluding hydrogens is 180 g/mol. The van der Waals surface area contributed by atoms with Crippen molar-refractivity contribution >= 4 is 16.8 Å². The highest BCUT2D eigenvalue weighted by molar-refractivity contribution is 6.64. The molecule has 12 heavy (non-hydrogen) atoms. The molecule has 1 unspecified atom stereocenters. The summed E-state index contributed by atoms with van der Waals surface area (Å²) in [5, 5.41) is -0.387. The van der Waals surface area contributed by atoms with E-state index >= 15 is 0 Å². The van der Waals surface area contributed by atoms with Gasteiger partial charge >= 0.3 is 0 Å². The summed E-state index contributed by atoms with van der Waals surface area (Å²) in [6, 6.07) is 0. The Labute approximate surface area is 77.0 Å². The normalized spacial score (nSPS) is 23.9. The first-order valence-electron chi connectivity index (χ1n) is 4.07. The minimum atomic E-state index is -0.798. The van der Waals surface area contributed by atoms with Crippen LogP contribution in [0.1, 0.15) is 20.3 Å². The van der Waals surface area contributed by atoms with E-state index in [1.54, 1.807) is 6.92 Å². The number of rotatable bonds is 3. The largest absolute Gasteiger partial charge is 0.347 e. The fourth-order valence-electron chi connectivity index (χ4n) is 1.47. The van der Waals surface area contributed by atoms with E-state index in [0.717, 1.165) is 0 Å². The van der Waals surface area contributed by atoms with E-state index in [2.05, 4.69) is 0 Å². The zero-order chi connectivity index (χ0) is 9.19. The van der Waals surface area contributed by atoms with E-state index < -0.39 is 5.79 Å². The van der Waals surface area contributed by atoms with Crippen LogP contribution in [0.4, 0.5) is 0 Å². The third-order valence-electron chi connectivity index (χ3n) is 2.18. The lowest BCUT2D eigenvalue weighted by Gasteiger charge is -2.28. The van der Waals surface area contributed by atoms with Crippen molar-refractivity contribution in [2.75, 3.05) is 13.2 Å². The second-order valence-corrected chi connectivity index (χ2v) is 3.35. The molecule has 0 N–H and O–H groups in total. The van der Waals surface area contributed by atoms with E-state index in [0.29, 0.717) is 19.6 Å². The maximum Gasteiger partial charge on any atom is 0.230 e. The van der Waals surface area contributed by atoms with Gasteiger partial charge in [-0.15, -0.1) is 0 Å². The molecule has 1 heterocycles. The van der Waals surface area contributed by atoms with Gasteiger partial charge in [-0.1, -0.05) is 6.92 Å². The van der Waals surface area contributed by atoms with Crippen LogP contribution in [0.2, 0.25) is 0 Å². The third-order valence-corrected chi connectivity index (χ3v) is 2.44. The Morgan fingerprint density at radius 3 is 2.42 bits per heavy atom. The summed E-state index contributed by atoms with van der Waals surface area (Å²) in [6.07, 6.45) is 0.638. The first-order chi connectivity index (χ1) is 5.60. The van der Waals surface area contributed by atoms with Crippen molar-refractivity contribution in [3.05, 3.63) is 0 Å². The van der Waals surface area contributed by atoms with Crippen molar-refractivity contribution in [3.63, 3.8) is 0 Å². The lowest BCUT2D eigenvalue weighted by atomic mass is 9.99. The van der Waals surface area contributed by atoms with Gasteiger partial charge in [-0.25, -0.2) is 0 Å². The predicted octanol–water partition coefficient (Wildman–Crippen LogP) is 1.54. The van der Waals surface area contributed by atoms with E-state index in [1.165, 1.54) is 0 Å². The third kappa shape index (κ3) is 1.79. The summed E-state index contributed by atoms with van der Waals surface area (Å²) in [5.74, 6) is -1.16. The number of carbonyl (C=O) groups is 1. The minimum absolute atomic E-state index is 0.360. The van der Waals surface area contributed by atoms with Gasteiger partial charge in [0.1, 0.15) is 0 Å². The molecule has 0 saturated carbocycles. The molecule has 1 aliphatic heterocycles. The van der Waals surface area contributed by atoms with Crippen LogP contribution < -0.4 is 0 Å². The standard InChI is InChI=1S/C8H13ClO3/c1-3-6(7(9)10)8(2)11-4-5-12-8/h6H,3-5H2,1-2H3. The van der Waals surface area contributed by atoms with Crippen LogP contribution in [0.5, 0.6) is 0 Å². The monoisotopic (exact) mass is 192 g/mol. The lowest BCUT2D eigenvalue weighted by Crippen LogP contribution is -2.38. The molecule has 0 spiro atoms. The van der Waals surface area contributed by atoms with E-state index in [4.69, 9.17) is 21.1 Å². The highest BCUT2D eigenvalue weighted by Gasteiger charge is 2.42. The van der Waals surface area contributed by atoms with Crippen LogP contribution in [0.15, 0.2) is 0 Å². The molecule has 3 nitrogen and oxygen atoms in total. The van der Waals surface area contributed by atoms with Crippen molar-refractivity contribution in [2.45, 2.75) is 26.1 Å². The van der Waals surface area contributed by atoms with Crippen molar-refractivity contribution in [2.24, 2.45) is 5.92 Å². The zero-order valence-electron chi connectivity index (χ0n) is 7.30. The Hall–Kier alpha value is -0.120. The highest BCUT2D eigenvalue weighted by atomic mass is 35.5. The smallest absolute Gasteiger partial charge is 0.230 e. The first kappa shape index (κ1) is 9.96. The fraction of sp³-hybridized carbons (Fsp3) is 0.875. The summed E-state index contributed by atoms with van der Waals surface area (Å²) in [7, 11) is 0. The van der Waals surface area contributed by atoms with E-state index in [1.807, 2.05) is 6.92 Å². The van der Waals surface area contributed by atoms with Crippen LogP contribution in [-0.4, -0.2) is 24.2 Å². The average molecular weight is 193 g/mol. The molecule has 0 aromatic heterocycles. The van der Waals surface area contributed by atoms with Crippen LogP contribution in [0.3, 0.4) is 0 Å². The second-order valence-electron chi connectivity index (χ2n) is 2.98.